The van der Waals surface area contributed by atoms with Crippen LogP contribution in [0.1, 0.15) is 37.8 Å². The van der Waals surface area contributed by atoms with Gasteiger partial charge in [-0.15, -0.1) is 0 Å². The third-order valence-corrected chi connectivity index (χ3v) is 3.07. The van der Waals surface area contributed by atoms with Crippen LogP contribution in [0.4, 0.5) is 4.39 Å². The van der Waals surface area contributed by atoms with E-state index in [0.717, 1.165) is 5.56 Å². The number of carbonyl (C=O) groups is 1. The highest BCUT2D eigenvalue weighted by molar-refractivity contribution is 6.63. The van der Waals surface area contributed by atoms with Crippen LogP contribution in [0.25, 0.3) is 0 Å². The van der Waals surface area contributed by atoms with Gasteiger partial charge in [-0.2, -0.15) is 0 Å². The predicted molar refractivity (Wildman–Crippen MR) is 64.3 cm³/mol. The molecule has 1 aromatic rings. The molecule has 1 rings (SSSR count). The van der Waals surface area contributed by atoms with Crippen molar-refractivity contribution in [3.05, 3.63) is 35.1 Å². The maximum atomic E-state index is 13.1. The summed E-state index contributed by atoms with van der Waals surface area (Å²) in [4.78, 5) is 10.7. The van der Waals surface area contributed by atoms with E-state index in [-0.39, 0.29) is 16.5 Å². The third-order valence-electron chi connectivity index (χ3n) is 2.89. The van der Waals surface area contributed by atoms with Gasteiger partial charge in [0.25, 0.3) is 0 Å². The van der Waals surface area contributed by atoms with Crippen LogP contribution in [0.3, 0.4) is 0 Å². The standard InChI is InChI=1S/C13H16ClFO/c1-9-8-10(4-5-11(9)15)13(2,3)7-6-12(14)16/h4-5,8H,6-7H2,1-3H3. The Kier molecular flexibility index (Phi) is 4.09. The Bertz CT molecular complexity index is 399. The quantitative estimate of drug-likeness (QED) is 0.731. The molecule has 0 unspecified atom stereocenters. The Balaban J connectivity index is 2.88. The number of carbonyl (C=O) groups excluding carboxylic acids is 1. The molecule has 0 aromatic heterocycles. The summed E-state index contributed by atoms with van der Waals surface area (Å²) in [6, 6.07) is 5.06. The second kappa shape index (κ2) is 4.96. The van der Waals surface area contributed by atoms with Crippen LogP contribution in [-0.2, 0) is 10.2 Å². The van der Waals surface area contributed by atoms with E-state index in [2.05, 4.69) is 0 Å². The van der Waals surface area contributed by atoms with E-state index in [9.17, 15) is 9.18 Å². The lowest BCUT2D eigenvalue weighted by Crippen LogP contribution is -2.18. The molecule has 3 heteroatoms. The van der Waals surface area contributed by atoms with Gasteiger partial charge in [-0.05, 0) is 47.6 Å². The van der Waals surface area contributed by atoms with Gasteiger partial charge >= 0.3 is 0 Å². The molecule has 0 aliphatic carbocycles. The zero-order chi connectivity index (χ0) is 12.3. The van der Waals surface area contributed by atoms with Crippen molar-refractivity contribution in [2.45, 2.75) is 39.0 Å². The Morgan fingerprint density at radius 1 is 1.44 bits per heavy atom. The molecule has 0 aliphatic rings. The number of aryl methyl sites for hydroxylation is 1. The SMILES string of the molecule is Cc1cc(C(C)(C)CCC(=O)Cl)ccc1F. The summed E-state index contributed by atoms with van der Waals surface area (Å²) in [6.07, 6.45) is 1.01. The van der Waals surface area contributed by atoms with Gasteiger partial charge in [0.2, 0.25) is 5.24 Å². The molecule has 0 saturated heterocycles. The Labute approximate surface area is 101 Å². The molecule has 0 spiro atoms. The molecule has 0 N–H and O–H groups in total. The summed E-state index contributed by atoms with van der Waals surface area (Å²) in [5, 5.41) is -0.327. The maximum Gasteiger partial charge on any atom is 0.221 e. The largest absolute Gasteiger partial charge is 0.281 e. The molecule has 0 bridgehead atoms. The van der Waals surface area contributed by atoms with Crippen molar-refractivity contribution in [2.24, 2.45) is 0 Å². The Morgan fingerprint density at radius 3 is 2.56 bits per heavy atom. The number of halogens is 2. The Morgan fingerprint density at radius 2 is 2.06 bits per heavy atom. The molecule has 1 nitrogen and oxygen atoms in total. The van der Waals surface area contributed by atoms with E-state index in [0.29, 0.717) is 18.4 Å². The minimum absolute atomic E-state index is 0.164. The first-order chi connectivity index (χ1) is 7.33. The van der Waals surface area contributed by atoms with Crippen molar-refractivity contribution in [1.82, 2.24) is 0 Å². The van der Waals surface area contributed by atoms with Gasteiger partial charge in [-0.1, -0.05) is 26.0 Å². The smallest absolute Gasteiger partial charge is 0.221 e. The minimum atomic E-state index is -0.327. The molecule has 0 aliphatic heterocycles. The lowest BCUT2D eigenvalue weighted by Gasteiger charge is -2.25. The number of rotatable bonds is 4. The fourth-order valence-electron chi connectivity index (χ4n) is 1.62. The summed E-state index contributed by atoms with van der Waals surface area (Å²) in [5.41, 5.74) is 1.50. The average molecular weight is 243 g/mol. The topological polar surface area (TPSA) is 17.1 Å². The van der Waals surface area contributed by atoms with Gasteiger partial charge in [0.15, 0.2) is 0 Å². The summed E-state index contributed by atoms with van der Waals surface area (Å²) < 4.78 is 13.1. The molecule has 1 aromatic carbocycles. The van der Waals surface area contributed by atoms with Crippen LogP contribution in [0.15, 0.2) is 18.2 Å². The number of hydrogen-bond donors (Lipinski definition) is 0. The summed E-state index contributed by atoms with van der Waals surface area (Å²) >= 11 is 5.33. The highest BCUT2D eigenvalue weighted by atomic mass is 35.5. The average Bonchev–Trinajstić information content (AvgIpc) is 2.19. The lowest BCUT2D eigenvalue weighted by atomic mass is 9.80. The first-order valence-corrected chi connectivity index (χ1v) is 5.66. The van der Waals surface area contributed by atoms with Crippen molar-refractivity contribution < 1.29 is 9.18 Å². The maximum absolute atomic E-state index is 13.1. The highest BCUT2D eigenvalue weighted by Crippen LogP contribution is 2.29. The fraction of sp³-hybridized carbons (Fsp3) is 0.462. The van der Waals surface area contributed by atoms with Crippen molar-refractivity contribution in [1.29, 1.82) is 0 Å². The van der Waals surface area contributed by atoms with Crippen LogP contribution in [0, 0.1) is 12.7 Å². The molecule has 0 saturated carbocycles. The zero-order valence-electron chi connectivity index (χ0n) is 9.81. The number of benzene rings is 1. The van der Waals surface area contributed by atoms with Gasteiger partial charge < -0.3 is 0 Å². The Hall–Kier alpha value is -0.890. The molecule has 16 heavy (non-hydrogen) atoms. The summed E-state index contributed by atoms with van der Waals surface area (Å²) in [7, 11) is 0. The molecular weight excluding hydrogens is 227 g/mol. The van der Waals surface area contributed by atoms with E-state index >= 15 is 0 Å². The lowest BCUT2D eigenvalue weighted by molar-refractivity contribution is -0.112. The summed E-state index contributed by atoms with van der Waals surface area (Å²) in [6.45, 7) is 5.79. The van der Waals surface area contributed by atoms with Gasteiger partial charge in [-0.25, -0.2) is 4.39 Å². The van der Waals surface area contributed by atoms with E-state index in [4.69, 9.17) is 11.6 Å². The van der Waals surface area contributed by atoms with Gasteiger partial charge in [0.05, 0.1) is 0 Å². The first-order valence-electron chi connectivity index (χ1n) is 5.28. The minimum Gasteiger partial charge on any atom is -0.281 e. The highest BCUT2D eigenvalue weighted by Gasteiger charge is 2.21. The second-order valence-electron chi connectivity index (χ2n) is 4.70. The monoisotopic (exact) mass is 242 g/mol. The van der Waals surface area contributed by atoms with E-state index < -0.39 is 0 Å². The zero-order valence-corrected chi connectivity index (χ0v) is 10.6. The third kappa shape index (κ3) is 3.31. The summed E-state index contributed by atoms with van der Waals surface area (Å²) in [5.74, 6) is -0.201. The van der Waals surface area contributed by atoms with Gasteiger partial charge in [-0.3, -0.25) is 4.79 Å². The van der Waals surface area contributed by atoms with Crippen molar-refractivity contribution >= 4 is 16.8 Å². The number of hydrogen-bond acceptors (Lipinski definition) is 1. The van der Waals surface area contributed by atoms with Crippen LogP contribution < -0.4 is 0 Å². The second-order valence-corrected chi connectivity index (χ2v) is 5.12. The van der Waals surface area contributed by atoms with E-state index in [1.165, 1.54) is 6.07 Å². The molecular formula is C13H16ClFO. The van der Waals surface area contributed by atoms with Crippen LogP contribution >= 0.6 is 11.6 Å². The van der Waals surface area contributed by atoms with E-state index in [1.54, 1.807) is 13.0 Å². The van der Waals surface area contributed by atoms with Crippen LogP contribution in [0.5, 0.6) is 0 Å². The van der Waals surface area contributed by atoms with Gasteiger partial charge in [0, 0.05) is 6.42 Å². The predicted octanol–water partition coefficient (Wildman–Crippen LogP) is 3.96. The molecule has 0 heterocycles. The van der Waals surface area contributed by atoms with Gasteiger partial charge in [0.1, 0.15) is 5.82 Å². The molecule has 0 atom stereocenters. The van der Waals surface area contributed by atoms with Crippen molar-refractivity contribution in [3.63, 3.8) is 0 Å². The van der Waals surface area contributed by atoms with Crippen molar-refractivity contribution in [3.8, 4) is 0 Å². The molecule has 0 amide bonds. The molecule has 88 valence electrons. The van der Waals surface area contributed by atoms with E-state index in [1.807, 2.05) is 19.9 Å². The van der Waals surface area contributed by atoms with Crippen LogP contribution in [0.2, 0.25) is 0 Å². The fourth-order valence-corrected chi connectivity index (χ4v) is 1.72. The molecule has 0 fully saturated rings. The van der Waals surface area contributed by atoms with Crippen LogP contribution in [-0.4, -0.2) is 5.24 Å². The normalized spacial score (nSPS) is 11.6. The molecule has 0 radical (unpaired) electrons. The first kappa shape index (κ1) is 13.2. The van der Waals surface area contributed by atoms with Crippen molar-refractivity contribution in [2.75, 3.05) is 0 Å².